The van der Waals surface area contributed by atoms with Crippen LogP contribution in [0.15, 0.2) is 28.9 Å². The molecule has 0 bridgehead atoms. The van der Waals surface area contributed by atoms with Crippen molar-refractivity contribution in [3.8, 4) is 16.9 Å². The average molecular weight is 258 g/mol. The molecule has 0 saturated heterocycles. The number of nitrogen functional groups attached to an aromatic ring is 1. The zero-order chi connectivity index (χ0) is 13.3. The molecule has 1 aromatic heterocycles. The zero-order valence-corrected chi connectivity index (χ0v) is 9.28. The van der Waals surface area contributed by atoms with Gasteiger partial charge in [-0.15, -0.1) is 0 Å². The third kappa shape index (κ3) is 2.11. The van der Waals surface area contributed by atoms with E-state index >= 15 is 0 Å². The first-order chi connectivity index (χ1) is 8.43. The van der Waals surface area contributed by atoms with Crippen molar-refractivity contribution in [1.29, 1.82) is 0 Å². The van der Waals surface area contributed by atoms with Crippen LogP contribution in [0, 0.1) is 0 Å². The van der Waals surface area contributed by atoms with Crippen LogP contribution in [-0.4, -0.2) is 12.3 Å². The lowest BCUT2D eigenvalue weighted by Crippen LogP contribution is -2.07. The van der Waals surface area contributed by atoms with Gasteiger partial charge < -0.3 is 15.0 Å². The van der Waals surface area contributed by atoms with E-state index in [9.17, 15) is 13.2 Å². The lowest BCUT2D eigenvalue weighted by atomic mass is 10.0. The second kappa shape index (κ2) is 4.25. The minimum atomic E-state index is -4.52. The zero-order valence-electron chi connectivity index (χ0n) is 9.28. The first-order valence-corrected chi connectivity index (χ1v) is 4.89. The van der Waals surface area contributed by atoms with Crippen molar-refractivity contribution in [2.45, 2.75) is 6.18 Å². The van der Waals surface area contributed by atoms with Gasteiger partial charge in [0.25, 0.3) is 0 Å². The predicted octanol–water partition coefficient (Wildman–Crippen LogP) is 2.95. The number of hydrogen-bond donors (Lipinski definition) is 1. The topological polar surface area (TPSA) is 61.3 Å². The molecule has 0 unspecified atom stereocenters. The Bertz CT molecular complexity index is 564. The molecule has 0 aliphatic heterocycles. The first-order valence-electron chi connectivity index (χ1n) is 4.89. The van der Waals surface area contributed by atoms with Gasteiger partial charge in [-0.2, -0.15) is 13.2 Å². The van der Waals surface area contributed by atoms with E-state index in [1.165, 1.54) is 19.2 Å². The maximum absolute atomic E-state index is 12.9. The van der Waals surface area contributed by atoms with Gasteiger partial charge in [0.05, 0.1) is 24.4 Å². The van der Waals surface area contributed by atoms with Crippen molar-refractivity contribution in [1.82, 2.24) is 5.16 Å². The fraction of sp³-hybridized carbons (Fsp3) is 0.182. The van der Waals surface area contributed by atoms with Crippen molar-refractivity contribution in [2.24, 2.45) is 0 Å². The molecule has 0 fully saturated rings. The van der Waals surface area contributed by atoms with Crippen LogP contribution in [0.5, 0.6) is 5.75 Å². The smallest absolute Gasteiger partial charge is 0.417 e. The number of nitrogens with two attached hydrogens (primary N) is 1. The molecule has 0 aliphatic carbocycles. The molecular weight excluding hydrogens is 249 g/mol. The first kappa shape index (κ1) is 12.3. The van der Waals surface area contributed by atoms with Crippen molar-refractivity contribution in [2.75, 3.05) is 12.8 Å². The van der Waals surface area contributed by atoms with E-state index < -0.39 is 11.7 Å². The molecule has 2 aromatic rings. The number of benzene rings is 1. The molecule has 96 valence electrons. The number of alkyl halides is 3. The second-order valence-electron chi connectivity index (χ2n) is 3.51. The molecule has 18 heavy (non-hydrogen) atoms. The predicted molar refractivity (Wildman–Crippen MR) is 57.9 cm³/mol. The highest BCUT2D eigenvalue weighted by molar-refractivity contribution is 5.75. The number of hydrogen-bond acceptors (Lipinski definition) is 4. The Morgan fingerprint density at radius 3 is 2.50 bits per heavy atom. The van der Waals surface area contributed by atoms with Crippen LogP contribution in [0.3, 0.4) is 0 Å². The maximum Gasteiger partial charge on any atom is 0.417 e. The molecule has 1 aromatic carbocycles. The number of anilines is 1. The Labute approximate surface area is 100 Å². The summed E-state index contributed by atoms with van der Waals surface area (Å²) in [6.45, 7) is 0. The molecule has 1 heterocycles. The maximum atomic E-state index is 12.9. The number of aromatic nitrogens is 1. The summed E-state index contributed by atoms with van der Waals surface area (Å²) in [7, 11) is 1.29. The highest BCUT2D eigenvalue weighted by Crippen LogP contribution is 2.40. The lowest BCUT2D eigenvalue weighted by molar-refractivity contribution is -0.137. The lowest BCUT2D eigenvalue weighted by Gasteiger charge is -2.13. The standard InChI is InChI=1S/C11H9F3N2O2/c1-17-6-2-3-7(8-5-16-18-10(8)15)9(4-6)11(12,13)14/h2-5H,15H2,1H3. The van der Waals surface area contributed by atoms with E-state index in [2.05, 4.69) is 9.68 Å². The molecule has 0 atom stereocenters. The van der Waals surface area contributed by atoms with Crippen LogP contribution in [0.1, 0.15) is 5.56 Å². The van der Waals surface area contributed by atoms with Crippen LogP contribution < -0.4 is 10.5 Å². The molecule has 4 nitrogen and oxygen atoms in total. The fourth-order valence-corrected chi connectivity index (χ4v) is 1.57. The quantitative estimate of drug-likeness (QED) is 0.899. The summed E-state index contributed by atoms with van der Waals surface area (Å²) in [5.74, 6) is -0.0493. The van der Waals surface area contributed by atoms with E-state index in [0.29, 0.717) is 0 Å². The van der Waals surface area contributed by atoms with Crippen molar-refractivity contribution < 1.29 is 22.4 Å². The molecule has 0 saturated carbocycles. The van der Waals surface area contributed by atoms with Gasteiger partial charge >= 0.3 is 6.18 Å². The Balaban J connectivity index is 2.64. The summed E-state index contributed by atoms with van der Waals surface area (Å²) in [6.07, 6.45) is -3.38. The molecule has 0 radical (unpaired) electrons. The van der Waals surface area contributed by atoms with Gasteiger partial charge in [0, 0.05) is 5.56 Å². The molecule has 2 rings (SSSR count). The molecule has 0 amide bonds. The Morgan fingerprint density at radius 1 is 1.28 bits per heavy atom. The highest BCUT2D eigenvalue weighted by atomic mass is 19.4. The summed E-state index contributed by atoms with van der Waals surface area (Å²) < 4.78 is 48.2. The number of ether oxygens (including phenoxy) is 1. The minimum absolute atomic E-state index is 0.0953. The molecular formula is C11H9F3N2O2. The summed E-state index contributed by atoms with van der Waals surface area (Å²) in [6, 6.07) is 3.59. The van der Waals surface area contributed by atoms with Gasteiger partial charge in [-0.1, -0.05) is 5.16 Å². The van der Waals surface area contributed by atoms with E-state index in [1.807, 2.05) is 0 Å². The van der Waals surface area contributed by atoms with Crippen molar-refractivity contribution in [3.63, 3.8) is 0 Å². The van der Waals surface area contributed by atoms with Gasteiger partial charge in [0.2, 0.25) is 5.88 Å². The average Bonchev–Trinajstić information content (AvgIpc) is 2.73. The minimum Gasteiger partial charge on any atom is -0.497 e. The van der Waals surface area contributed by atoms with E-state index in [1.54, 1.807) is 0 Å². The number of methoxy groups -OCH3 is 1. The Hall–Kier alpha value is -2.18. The summed E-state index contributed by atoms with van der Waals surface area (Å²) >= 11 is 0. The van der Waals surface area contributed by atoms with Gasteiger partial charge in [-0.25, -0.2) is 0 Å². The monoisotopic (exact) mass is 258 g/mol. The SMILES string of the molecule is COc1ccc(-c2cnoc2N)c(C(F)(F)F)c1. The van der Waals surface area contributed by atoms with Gasteiger partial charge in [0.15, 0.2) is 0 Å². The Kier molecular flexibility index (Phi) is 2.90. The van der Waals surface area contributed by atoms with Crippen LogP contribution in [0.2, 0.25) is 0 Å². The third-order valence-electron chi connectivity index (χ3n) is 2.42. The van der Waals surface area contributed by atoms with Crippen molar-refractivity contribution >= 4 is 5.88 Å². The van der Waals surface area contributed by atoms with Crippen LogP contribution >= 0.6 is 0 Å². The number of halogens is 3. The van der Waals surface area contributed by atoms with Crippen LogP contribution in [0.4, 0.5) is 19.1 Å². The largest absolute Gasteiger partial charge is 0.497 e. The van der Waals surface area contributed by atoms with Crippen molar-refractivity contribution in [3.05, 3.63) is 30.0 Å². The van der Waals surface area contributed by atoms with E-state index in [4.69, 9.17) is 10.5 Å². The molecule has 7 heteroatoms. The van der Waals surface area contributed by atoms with E-state index in [-0.39, 0.29) is 22.8 Å². The summed E-state index contributed by atoms with van der Waals surface area (Å²) in [4.78, 5) is 0. The van der Waals surface area contributed by atoms with Crippen LogP contribution in [0.25, 0.3) is 11.1 Å². The Morgan fingerprint density at radius 2 is 2.00 bits per heavy atom. The number of nitrogens with zero attached hydrogens (tertiary/aromatic N) is 1. The second-order valence-corrected chi connectivity index (χ2v) is 3.51. The fourth-order valence-electron chi connectivity index (χ4n) is 1.57. The molecule has 0 spiro atoms. The summed E-state index contributed by atoms with van der Waals surface area (Å²) in [5.41, 5.74) is 4.58. The number of rotatable bonds is 2. The van der Waals surface area contributed by atoms with E-state index in [0.717, 1.165) is 12.3 Å². The highest BCUT2D eigenvalue weighted by Gasteiger charge is 2.35. The van der Waals surface area contributed by atoms with Gasteiger partial charge in [-0.3, -0.25) is 0 Å². The van der Waals surface area contributed by atoms with Gasteiger partial charge in [-0.05, 0) is 18.2 Å². The van der Waals surface area contributed by atoms with Gasteiger partial charge in [0.1, 0.15) is 5.75 Å². The normalized spacial score (nSPS) is 11.6. The summed E-state index contributed by atoms with van der Waals surface area (Å²) in [5, 5.41) is 3.37. The third-order valence-corrected chi connectivity index (χ3v) is 2.42. The molecule has 0 aliphatic rings. The van der Waals surface area contributed by atoms with Crippen LogP contribution in [-0.2, 0) is 6.18 Å². The molecule has 2 N–H and O–H groups in total.